The van der Waals surface area contributed by atoms with E-state index in [1.807, 2.05) is 0 Å². The maximum atomic E-state index is 10.4. The molecule has 42 heavy (non-hydrogen) atoms. The van der Waals surface area contributed by atoms with Crippen LogP contribution in [0.25, 0.3) is 0 Å². The second-order valence-electron chi connectivity index (χ2n) is 17.4. The van der Waals surface area contributed by atoms with Gasteiger partial charge in [-0.3, -0.25) is 0 Å². The van der Waals surface area contributed by atoms with Gasteiger partial charge in [-0.1, -0.05) is 51.0 Å². The largest absolute Gasteiger partial charge is 0.393 e. The van der Waals surface area contributed by atoms with E-state index in [0.717, 1.165) is 67.6 Å². The molecule has 0 saturated heterocycles. The lowest BCUT2D eigenvalue weighted by molar-refractivity contribution is -0.0250. The lowest BCUT2D eigenvalue weighted by Gasteiger charge is -2.57. The quantitative estimate of drug-likeness (QED) is 0.245. The van der Waals surface area contributed by atoms with Crippen molar-refractivity contribution in [1.29, 1.82) is 0 Å². The van der Waals surface area contributed by atoms with E-state index >= 15 is 0 Å². The Morgan fingerprint density at radius 1 is 0.595 bits per heavy atom. The maximum Gasteiger partial charge on any atom is 0.0724 e. The summed E-state index contributed by atoms with van der Waals surface area (Å²) in [6, 6.07) is 0. The third-order valence-corrected chi connectivity index (χ3v) is 15.9. The minimum atomic E-state index is -0.216. The molecule has 0 aromatic carbocycles. The van der Waals surface area contributed by atoms with Crippen LogP contribution in [-0.4, -0.2) is 33.8 Å². The minimum Gasteiger partial charge on any atom is -0.393 e. The Bertz CT molecular complexity index is 1260. The summed E-state index contributed by atoms with van der Waals surface area (Å²) in [4.78, 5) is 0. The first-order valence-corrected chi connectivity index (χ1v) is 18.0. The standard InChI is InChI=1S/C38H56N2O2/c1-35-17-13-25(41)21-23(35)5-7-27-29-9-11-33(37(29,3)19-15-31(27)35)39-40-34-12-10-30-28-8-6-24-22-26(42)14-18-36(24,2)32(28)16-20-38(30,34)4/h5,22,25-32,41-42H,6-21H2,1-4H3/b39-33+,40-34+/t25?,26?,27-,28-,29-,30-,31-,32-,35-,36-,37-,38-/m0/s1. The van der Waals surface area contributed by atoms with Gasteiger partial charge in [-0.25, -0.2) is 0 Å². The van der Waals surface area contributed by atoms with Crippen LogP contribution in [0.2, 0.25) is 0 Å². The number of fused-ring (bicyclic) bond motifs is 10. The summed E-state index contributed by atoms with van der Waals surface area (Å²) < 4.78 is 0. The van der Waals surface area contributed by atoms with Gasteiger partial charge in [-0.2, -0.15) is 10.2 Å². The van der Waals surface area contributed by atoms with Crippen molar-refractivity contribution >= 4 is 11.4 Å². The number of hydrogen-bond acceptors (Lipinski definition) is 4. The van der Waals surface area contributed by atoms with E-state index in [1.54, 1.807) is 11.1 Å². The molecule has 6 saturated carbocycles. The molecule has 12 atom stereocenters. The maximum absolute atomic E-state index is 10.4. The fraction of sp³-hybridized carbons (Fsp3) is 0.842. The van der Waals surface area contributed by atoms with Crippen LogP contribution < -0.4 is 0 Å². The first-order valence-electron chi connectivity index (χ1n) is 18.0. The molecule has 4 heteroatoms. The van der Waals surface area contributed by atoms with Crippen molar-refractivity contribution in [3.63, 3.8) is 0 Å². The van der Waals surface area contributed by atoms with Gasteiger partial charge in [0, 0.05) is 22.3 Å². The van der Waals surface area contributed by atoms with E-state index in [-0.39, 0.29) is 23.0 Å². The van der Waals surface area contributed by atoms with E-state index in [9.17, 15) is 10.2 Å². The zero-order valence-electron chi connectivity index (χ0n) is 26.9. The summed E-state index contributed by atoms with van der Waals surface area (Å²) in [6.07, 6.45) is 23.3. The predicted molar refractivity (Wildman–Crippen MR) is 170 cm³/mol. The van der Waals surface area contributed by atoms with Gasteiger partial charge in [0.05, 0.1) is 12.2 Å². The second kappa shape index (κ2) is 9.62. The van der Waals surface area contributed by atoms with Crippen LogP contribution >= 0.6 is 0 Å². The van der Waals surface area contributed by atoms with Gasteiger partial charge in [0.25, 0.3) is 0 Å². The van der Waals surface area contributed by atoms with Crippen molar-refractivity contribution < 1.29 is 10.2 Å². The van der Waals surface area contributed by atoms with Crippen molar-refractivity contribution in [1.82, 2.24) is 0 Å². The highest BCUT2D eigenvalue weighted by Crippen LogP contribution is 2.66. The average molecular weight is 573 g/mol. The Morgan fingerprint density at radius 2 is 1.14 bits per heavy atom. The fourth-order valence-electron chi connectivity index (χ4n) is 13.4. The molecule has 2 N–H and O–H groups in total. The molecule has 0 radical (unpaired) electrons. The molecule has 0 heterocycles. The topological polar surface area (TPSA) is 65.2 Å². The van der Waals surface area contributed by atoms with Crippen LogP contribution in [0, 0.1) is 57.2 Å². The van der Waals surface area contributed by atoms with Crippen molar-refractivity contribution in [3.05, 3.63) is 23.3 Å². The first-order chi connectivity index (χ1) is 20.1. The number of hydrogen-bond donors (Lipinski definition) is 2. The second-order valence-corrected chi connectivity index (χ2v) is 17.4. The van der Waals surface area contributed by atoms with Crippen molar-refractivity contribution in [2.24, 2.45) is 67.4 Å². The first kappa shape index (κ1) is 28.2. The van der Waals surface area contributed by atoms with Gasteiger partial charge in [-0.05, 0) is 149 Å². The number of aliphatic hydroxyl groups excluding tert-OH is 2. The van der Waals surface area contributed by atoms with Crippen LogP contribution in [0.5, 0.6) is 0 Å². The third-order valence-electron chi connectivity index (χ3n) is 15.9. The fourth-order valence-corrected chi connectivity index (χ4v) is 13.4. The Labute approximate surface area is 254 Å². The zero-order valence-corrected chi connectivity index (χ0v) is 26.9. The lowest BCUT2D eigenvalue weighted by atomic mass is 9.47. The number of aliphatic hydroxyl groups is 2. The molecule has 2 unspecified atom stereocenters. The van der Waals surface area contributed by atoms with Gasteiger partial charge < -0.3 is 10.2 Å². The molecule has 0 amide bonds. The molecule has 0 bridgehead atoms. The molecule has 0 aliphatic heterocycles. The molecule has 4 nitrogen and oxygen atoms in total. The highest BCUT2D eigenvalue weighted by Gasteiger charge is 2.60. The number of allylic oxidation sites excluding steroid dienone is 2. The molecule has 0 spiro atoms. The Hall–Kier alpha value is -1.26. The van der Waals surface area contributed by atoms with E-state index in [4.69, 9.17) is 10.2 Å². The molecule has 0 aromatic heterocycles. The highest BCUT2D eigenvalue weighted by molar-refractivity contribution is 5.95. The molecule has 8 aliphatic carbocycles. The van der Waals surface area contributed by atoms with Crippen LogP contribution in [0.15, 0.2) is 33.5 Å². The van der Waals surface area contributed by atoms with Gasteiger partial charge >= 0.3 is 0 Å². The van der Waals surface area contributed by atoms with E-state index < -0.39 is 0 Å². The monoisotopic (exact) mass is 572 g/mol. The SMILES string of the molecule is C[C@]12CCC(O)CC1=CC[C@@H]1[C@@H]2CC[C@]2(C)/C(=N/N=C3\CC[C@H]4[C@@H]5CCC6=CC(O)CC[C@]6(C)[C@H]5CC[C@]34C)CC[C@@H]12. The summed E-state index contributed by atoms with van der Waals surface area (Å²) in [5.74, 6) is 4.61. The highest BCUT2D eigenvalue weighted by atomic mass is 16.3. The number of nitrogens with zero attached hydrogens (tertiary/aromatic N) is 2. The lowest BCUT2D eigenvalue weighted by Crippen LogP contribution is -2.50. The molecular formula is C38H56N2O2. The zero-order chi connectivity index (χ0) is 29.1. The van der Waals surface area contributed by atoms with E-state index in [1.165, 1.54) is 82.1 Å². The van der Waals surface area contributed by atoms with Gasteiger partial charge in [0.2, 0.25) is 0 Å². The normalized spacial score (nSPS) is 55.1. The third kappa shape index (κ3) is 3.85. The van der Waals surface area contributed by atoms with Crippen molar-refractivity contribution in [2.45, 2.75) is 143 Å². The van der Waals surface area contributed by atoms with Crippen LogP contribution in [0.4, 0.5) is 0 Å². The van der Waals surface area contributed by atoms with Crippen molar-refractivity contribution in [2.75, 3.05) is 0 Å². The average Bonchev–Trinajstić information content (AvgIpc) is 3.48. The number of rotatable bonds is 1. The van der Waals surface area contributed by atoms with Gasteiger partial charge in [0.15, 0.2) is 0 Å². The van der Waals surface area contributed by atoms with Crippen LogP contribution in [0.1, 0.15) is 130 Å². The van der Waals surface area contributed by atoms with E-state index in [0.29, 0.717) is 10.8 Å². The molecule has 0 aromatic rings. The minimum absolute atomic E-state index is 0.122. The Kier molecular flexibility index (Phi) is 6.47. The molecular weight excluding hydrogens is 516 g/mol. The predicted octanol–water partition coefficient (Wildman–Crippen LogP) is 8.43. The summed E-state index contributed by atoms with van der Waals surface area (Å²) in [6.45, 7) is 10.2. The molecule has 8 rings (SSSR count). The van der Waals surface area contributed by atoms with Gasteiger partial charge in [-0.15, -0.1) is 0 Å². The Balaban J connectivity index is 1.02. The summed E-state index contributed by atoms with van der Waals surface area (Å²) >= 11 is 0. The van der Waals surface area contributed by atoms with E-state index in [2.05, 4.69) is 39.8 Å². The molecule has 8 aliphatic rings. The van der Waals surface area contributed by atoms with Crippen molar-refractivity contribution in [3.8, 4) is 0 Å². The molecule has 6 fully saturated rings. The summed E-state index contributed by atoms with van der Waals surface area (Å²) in [5, 5.41) is 31.2. The molecule has 230 valence electrons. The smallest absolute Gasteiger partial charge is 0.0724 e. The van der Waals surface area contributed by atoms with Crippen LogP contribution in [-0.2, 0) is 0 Å². The van der Waals surface area contributed by atoms with Crippen LogP contribution in [0.3, 0.4) is 0 Å². The summed E-state index contributed by atoms with van der Waals surface area (Å²) in [5.41, 5.74) is 7.02. The summed E-state index contributed by atoms with van der Waals surface area (Å²) in [7, 11) is 0. The Morgan fingerprint density at radius 3 is 1.83 bits per heavy atom. The van der Waals surface area contributed by atoms with Gasteiger partial charge in [0.1, 0.15) is 0 Å².